The Morgan fingerprint density at radius 1 is 1.25 bits per heavy atom. The summed E-state index contributed by atoms with van der Waals surface area (Å²) in [6.07, 6.45) is 7.87. The Hall–Kier alpha value is -3.72. The Morgan fingerprint density at radius 3 is 2.88 bits per heavy atom. The van der Waals surface area contributed by atoms with Gasteiger partial charge in [-0.1, -0.05) is 18.2 Å². The molecule has 166 valence electrons. The van der Waals surface area contributed by atoms with E-state index in [1.54, 1.807) is 41.8 Å². The maximum absolute atomic E-state index is 12.6. The third kappa shape index (κ3) is 4.33. The molecule has 0 bridgehead atoms. The van der Waals surface area contributed by atoms with E-state index in [1.165, 1.54) is 6.20 Å². The lowest BCUT2D eigenvalue weighted by Crippen LogP contribution is -2.22. The van der Waals surface area contributed by atoms with E-state index in [4.69, 9.17) is 4.74 Å². The van der Waals surface area contributed by atoms with Gasteiger partial charge in [-0.3, -0.25) is 4.79 Å². The van der Waals surface area contributed by atoms with Gasteiger partial charge in [0.05, 0.1) is 36.0 Å². The van der Waals surface area contributed by atoms with Gasteiger partial charge in [0, 0.05) is 44.0 Å². The number of esters is 1. The molecule has 9 nitrogen and oxygen atoms in total. The lowest BCUT2D eigenvalue weighted by molar-refractivity contribution is 0.0525. The fraction of sp³-hybridized carbons (Fsp3) is 0.304. The van der Waals surface area contributed by atoms with Crippen molar-refractivity contribution in [1.82, 2.24) is 29.2 Å². The average molecular weight is 435 g/mol. The van der Waals surface area contributed by atoms with Crippen molar-refractivity contribution >= 4 is 16.9 Å². The van der Waals surface area contributed by atoms with Crippen LogP contribution in [0.25, 0.3) is 16.6 Å². The molecular weight excluding hydrogens is 408 g/mol. The fourth-order valence-electron chi connectivity index (χ4n) is 3.71. The van der Waals surface area contributed by atoms with Crippen LogP contribution < -0.4 is 10.9 Å². The second kappa shape index (κ2) is 9.61. The molecule has 0 fully saturated rings. The molecule has 3 aromatic heterocycles. The standard InChI is InChI=1S/C23H26N6O3/c1-3-32-23(31)18-14-26-29(21(18)15-24-9-6-11-28-12-10-25-16-28)20-13-22(30)27(2)19-8-5-4-7-17(19)20/h4-5,7-8,10,12-14,16,24H,3,6,9,11,15H2,1-2H3. The van der Waals surface area contributed by atoms with Gasteiger partial charge < -0.3 is 19.2 Å². The van der Waals surface area contributed by atoms with E-state index in [1.807, 2.05) is 35.0 Å². The van der Waals surface area contributed by atoms with Gasteiger partial charge in [0.15, 0.2) is 0 Å². The van der Waals surface area contributed by atoms with Crippen LogP contribution in [-0.4, -0.2) is 43.0 Å². The number of pyridine rings is 1. The van der Waals surface area contributed by atoms with Crippen molar-refractivity contribution in [2.75, 3.05) is 13.2 Å². The van der Waals surface area contributed by atoms with Gasteiger partial charge >= 0.3 is 5.97 Å². The smallest absolute Gasteiger partial charge is 0.341 e. The molecule has 0 amide bonds. The summed E-state index contributed by atoms with van der Waals surface area (Å²) in [5, 5.41) is 8.72. The predicted octanol–water partition coefficient (Wildman–Crippen LogP) is 2.28. The van der Waals surface area contributed by atoms with E-state index in [0.717, 1.165) is 30.4 Å². The molecule has 0 saturated heterocycles. The lowest BCUT2D eigenvalue weighted by Gasteiger charge is -2.14. The first-order valence-electron chi connectivity index (χ1n) is 10.6. The molecular formula is C23H26N6O3. The number of aryl methyl sites for hydroxylation is 2. The molecule has 3 heterocycles. The topological polar surface area (TPSA) is 96.0 Å². The van der Waals surface area contributed by atoms with Crippen molar-refractivity contribution in [3.8, 4) is 5.69 Å². The van der Waals surface area contributed by atoms with Crippen LogP contribution in [0.2, 0.25) is 0 Å². The largest absolute Gasteiger partial charge is 0.462 e. The number of carbonyl (C=O) groups excluding carboxylic acids is 1. The maximum Gasteiger partial charge on any atom is 0.341 e. The van der Waals surface area contributed by atoms with Crippen molar-refractivity contribution in [2.24, 2.45) is 7.05 Å². The number of carbonyl (C=O) groups is 1. The molecule has 0 aliphatic heterocycles. The summed E-state index contributed by atoms with van der Waals surface area (Å²) in [6, 6.07) is 9.19. The molecule has 0 unspecified atom stereocenters. The zero-order valence-corrected chi connectivity index (χ0v) is 18.2. The van der Waals surface area contributed by atoms with E-state index < -0.39 is 5.97 Å². The zero-order valence-electron chi connectivity index (χ0n) is 18.2. The third-order valence-corrected chi connectivity index (χ3v) is 5.35. The molecule has 0 aliphatic rings. The first-order chi connectivity index (χ1) is 15.6. The SMILES string of the molecule is CCOC(=O)c1cnn(-c2cc(=O)n(C)c3ccccc23)c1CNCCCn1ccnc1. The number of aromatic nitrogens is 5. The van der Waals surface area contributed by atoms with Gasteiger partial charge in [0.2, 0.25) is 0 Å². The second-order valence-corrected chi connectivity index (χ2v) is 7.41. The van der Waals surface area contributed by atoms with E-state index in [9.17, 15) is 9.59 Å². The van der Waals surface area contributed by atoms with Crippen LogP contribution in [0.1, 0.15) is 29.4 Å². The first-order valence-corrected chi connectivity index (χ1v) is 10.6. The molecule has 0 aliphatic carbocycles. The van der Waals surface area contributed by atoms with Crippen LogP contribution in [0, 0.1) is 0 Å². The summed E-state index contributed by atoms with van der Waals surface area (Å²) in [5.41, 5.74) is 2.33. The van der Waals surface area contributed by atoms with Crippen LogP contribution >= 0.6 is 0 Å². The Balaban J connectivity index is 1.65. The van der Waals surface area contributed by atoms with Crippen LogP contribution in [0.4, 0.5) is 0 Å². The predicted molar refractivity (Wildman–Crippen MR) is 121 cm³/mol. The van der Waals surface area contributed by atoms with Crippen LogP contribution in [0.3, 0.4) is 0 Å². The Labute approximate surface area is 185 Å². The van der Waals surface area contributed by atoms with E-state index in [2.05, 4.69) is 15.4 Å². The molecule has 1 aromatic carbocycles. The number of rotatable bonds is 9. The number of nitrogens with one attached hydrogen (secondary N) is 1. The molecule has 0 spiro atoms. The Morgan fingerprint density at radius 2 is 2.09 bits per heavy atom. The fourth-order valence-corrected chi connectivity index (χ4v) is 3.71. The lowest BCUT2D eigenvalue weighted by atomic mass is 10.1. The summed E-state index contributed by atoms with van der Waals surface area (Å²) in [4.78, 5) is 29.2. The van der Waals surface area contributed by atoms with Crippen molar-refractivity contribution in [2.45, 2.75) is 26.4 Å². The molecule has 32 heavy (non-hydrogen) atoms. The number of nitrogens with zero attached hydrogens (tertiary/aromatic N) is 5. The normalized spacial score (nSPS) is 11.2. The summed E-state index contributed by atoms with van der Waals surface area (Å²) in [6.45, 7) is 4.03. The molecule has 1 N–H and O–H groups in total. The third-order valence-electron chi connectivity index (χ3n) is 5.35. The quantitative estimate of drug-likeness (QED) is 0.321. The summed E-state index contributed by atoms with van der Waals surface area (Å²) >= 11 is 0. The molecule has 0 saturated carbocycles. The van der Waals surface area contributed by atoms with Crippen LogP contribution in [0.15, 0.2) is 60.0 Å². The second-order valence-electron chi connectivity index (χ2n) is 7.41. The molecule has 0 atom stereocenters. The minimum absolute atomic E-state index is 0.147. The number of hydrogen-bond acceptors (Lipinski definition) is 6. The highest BCUT2D eigenvalue weighted by Gasteiger charge is 2.21. The summed E-state index contributed by atoms with van der Waals surface area (Å²) in [5.74, 6) is -0.429. The zero-order chi connectivity index (χ0) is 22.5. The molecule has 0 radical (unpaired) electrons. The highest BCUT2D eigenvalue weighted by atomic mass is 16.5. The summed E-state index contributed by atoms with van der Waals surface area (Å²) < 4.78 is 10.5. The van der Waals surface area contributed by atoms with Gasteiger partial charge in [-0.25, -0.2) is 14.5 Å². The number of ether oxygens (including phenoxy) is 1. The molecule has 4 rings (SSSR count). The minimum atomic E-state index is -0.429. The number of hydrogen-bond donors (Lipinski definition) is 1. The number of imidazole rings is 1. The summed E-state index contributed by atoms with van der Waals surface area (Å²) in [7, 11) is 1.74. The van der Waals surface area contributed by atoms with Crippen molar-refractivity contribution in [3.63, 3.8) is 0 Å². The van der Waals surface area contributed by atoms with Gasteiger partial charge in [0.1, 0.15) is 5.56 Å². The van der Waals surface area contributed by atoms with Gasteiger partial charge in [-0.15, -0.1) is 0 Å². The van der Waals surface area contributed by atoms with E-state index in [-0.39, 0.29) is 12.2 Å². The first kappa shape index (κ1) is 21.5. The molecule has 4 aromatic rings. The van der Waals surface area contributed by atoms with Crippen LogP contribution in [0.5, 0.6) is 0 Å². The highest BCUT2D eigenvalue weighted by Crippen LogP contribution is 2.23. The highest BCUT2D eigenvalue weighted by molar-refractivity contribution is 5.92. The number of fused-ring (bicyclic) bond motifs is 1. The Bertz CT molecular complexity index is 1270. The van der Waals surface area contributed by atoms with Crippen LogP contribution in [-0.2, 0) is 24.9 Å². The van der Waals surface area contributed by atoms with Gasteiger partial charge in [0.25, 0.3) is 5.56 Å². The van der Waals surface area contributed by atoms with Gasteiger partial charge in [-0.05, 0) is 26.0 Å². The molecule has 9 heteroatoms. The van der Waals surface area contributed by atoms with Crippen molar-refractivity contribution < 1.29 is 9.53 Å². The van der Waals surface area contributed by atoms with Crippen molar-refractivity contribution in [1.29, 1.82) is 0 Å². The number of benzene rings is 1. The minimum Gasteiger partial charge on any atom is -0.462 e. The monoisotopic (exact) mass is 434 g/mol. The van der Waals surface area contributed by atoms with Crippen molar-refractivity contribution in [3.05, 3.63) is 76.9 Å². The number of para-hydroxylation sites is 1. The van der Waals surface area contributed by atoms with E-state index >= 15 is 0 Å². The van der Waals surface area contributed by atoms with E-state index in [0.29, 0.717) is 23.5 Å². The maximum atomic E-state index is 12.6. The average Bonchev–Trinajstić information content (AvgIpc) is 3.46. The Kier molecular flexibility index (Phi) is 6.46. The van der Waals surface area contributed by atoms with Gasteiger partial charge in [-0.2, -0.15) is 5.10 Å².